The highest BCUT2D eigenvalue weighted by atomic mass is 32.2. The number of thioether (sulfide) groups is 1. The van der Waals surface area contributed by atoms with Crippen molar-refractivity contribution in [2.45, 2.75) is 196 Å². The highest BCUT2D eigenvalue weighted by Gasteiger charge is 2.44. The SMILES string of the molecule is CCCC[C@H]1C(=O)N[C@@H](CCCNC(=N)N)C(=O)N[C@H](C(=O)NCC(N)=O)CSCC(=O)N[C@@H](Cc2ccccc2)C(=O)N(C)[C@@H](C)C(=O)N[C@@H](CC(N)=O)C(=O)N2CCC[C@H]2C(=O)N[C@@H](Cc2cnc[nH]2)C(=O)N[C@@H](CC(C)C)C(=O)N(C)CC(=O)N[C@@H](Cc2c[nH]c3ccccc23)C(=O)N[C@@H](CO)C(=O)N[C@@H](Cc2c[nH]c3ccccc23)C(=O)N(C)[C@@H](Cc2ccccc2)C(=O)N1C. The summed E-state index contributed by atoms with van der Waals surface area (Å²) in [5.74, 6) is -17.4. The van der Waals surface area contributed by atoms with Crippen LogP contribution in [0.1, 0.15) is 113 Å². The van der Waals surface area contributed by atoms with Gasteiger partial charge in [0.2, 0.25) is 100 Å². The molecule has 17 amide bonds. The number of unbranched alkanes of at least 4 members (excludes halogenated alkanes) is 1. The average Bonchev–Trinajstić information content (AvgIpc) is 1.79. The van der Waals surface area contributed by atoms with Gasteiger partial charge in [-0.05, 0) is 85.8 Å². The summed E-state index contributed by atoms with van der Waals surface area (Å²) in [6, 6.07) is 11.1. The van der Waals surface area contributed by atoms with E-state index in [1.807, 2.05) is 6.92 Å². The quantitative estimate of drug-likeness (QED) is 0.0166. The number of hydrogen-bond donors (Lipinski definition) is 19. The molecule has 2 saturated heterocycles. The fourth-order valence-corrected chi connectivity index (χ4v) is 17.0. The summed E-state index contributed by atoms with van der Waals surface area (Å²) in [4.78, 5) is 268. The first-order valence-electron chi connectivity index (χ1n) is 44.8. The smallest absolute Gasteiger partial charge is 0.246 e. The van der Waals surface area contributed by atoms with Gasteiger partial charge < -0.3 is 120 Å². The van der Waals surface area contributed by atoms with E-state index in [2.05, 4.69) is 78.4 Å². The van der Waals surface area contributed by atoms with Gasteiger partial charge in [-0.2, -0.15) is 0 Å². The van der Waals surface area contributed by atoms with Crippen LogP contribution in [0.5, 0.6) is 0 Å². The van der Waals surface area contributed by atoms with Crippen LogP contribution in [-0.4, -0.2) is 307 Å². The fourth-order valence-electron chi connectivity index (χ4n) is 16.1. The van der Waals surface area contributed by atoms with Gasteiger partial charge in [-0.1, -0.05) is 131 Å². The van der Waals surface area contributed by atoms with E-state index < -0.39 is 223 Å². The summed E-state index contributed by atoms with van der Waals surface area (Å²) in [5, 5.41) is 49.5. The Kier molecular flexibility index (Phi) is 39.1. The van der Waals surface area contributed by atoms with E-state index in [0.29, 0.717) is 62.6 Å². The number of nitrogens with zero attached hydrogens (tertiary/aromatic N) is 6. The molecule has 0 aliphatic carbocycles. The van der Waals surface area contributed by atoms with Crippen LogP contribution in [0, 0.1) is 11.3 Å². The van der Waals surface area contributed by atoms with Crippen molar-refractivity contribution in [1.29, 1.82) is 5.41 Å². The number of para-hydroxylation sites is 2. The Hall–Kier alpha value is -14.3. The van der Waals surface area contributed by atoms with Crippen LogP contribution in [0.2, 0.25) is 0 Å². The molecule has 2 aliphatic rings. The molecule has 0 radical (unpaired) electrons. The molecule has 4 aromatic carbocycles. The first-order chi connectivity index (χ1) is 64.4. The first kappa shape index (κ1) is 104. The summed E-state index contributed by atoms with van der Waals surface area (Å²) in [6.07, 6.45) is 4.78. The van der Waals surface area contributed by atoms with Crippen molar-refractivity contribution >= 4 is 140 Å². The number of aliphatic hydroxyl groups excluding tert-OH is 1. The zero-order chi connectivity index (χ0) is 98.3. The molecular weight excluding hydrogens is 1760 g/mol. The van der Waals surface area contributed by atoms with E-state index in [4.69, 9.17) is 22.6 Å². The molecule has 7 aromatic rings. The number of nitrogens with two attached hydrogens (primary N) is 3. The number of imidazole rings is 1. The molecule has 726 valence electrons. The van der Waals surface area contributed by atoms with E-state index in [1.54, 1.807) is 135 Å². The number of hydrogen-bond acceptors (Lipinski definition) is 21. The molecule has 22 N–H and O–H groups in total. The molecule has 42 nitrogen and oxygen atoms in total. The molecule has 0 bridgehead atoms. The Morgan fingerprint density at radius 2 is 1.06 bits per heavy atom. The number of aliphatic hydroxyl groups is 1. The Morgan fingerprint density at radius 1 is 0.526 bits per heavy atom. The molecular formula is C92H124N24O18S. The number of primary amides is 2. The topological polar surface area (TPSA) is 621 Å². The second-order valence-electron chi connectivity index (χ2n) is 34.2. The molecule has 9 rings (SSSR count). The van der Waals surface area contributed by atoms with Crippen LogP contribution < -0.4 is 75.7 Å². The van der Waals surface area contributed by atoms with Gasteiger partial charge in [0.25, 0.3) is 0 Å². The normalized spacial score (nSPS) is 23.2. The molecule has 3 aromatic heterocycles. The number of nitrogens with one attached hydrogen (secondary N) is 15. The second-order valence-corrected chi connectivity index (χ2v) is 35.2. The number of amides is 17. The number of benzene rings is 4. The Labute approximate surface area is 784 Å². The van der Waals surface area contributed by atoms with Crippen LogP contribution in [0.25, 0.3) is 21.8 Å². The number of guanidine groups is 1. The van der Waals surface area contributed by atoms with Crippen molar-refractivity contribution in [2.75, 3.05) is 72.5 Å². The lowest BCUT2D eigenvalue weighted by molar-refractivity contribution is -0.149. The summed E-state index contributed by atoms with van der Waals surface area (Å²) >= 11 is 0.790. The largest absolute Gasteiger partial charge is 0.394 e. The summed E-state index contributed by atoms with van der Waals surface area (Å²) in [6.45, 7) is 4.02. The summed E-state index contributed by atoms with van der Waals surface area (Å²) in [5.41, 5.74) is 20.6. The van der Waals surface area contributed by atoms with E-state index in [1.165, 1.54) is 47.6 Å². The van der Waals surface area contributed by atoms with Crippen molar-refractivity contribution in [2.24, 2.45) is 23.1 Å². The van der Waals surface area contributed by atoms with Gasteiger partial charge >= 0.3 is 0 Å². The third kappa shape index (κ3) is 30.1. The number of rotatable bonds is 25. The minimum absolute atomic E-state index is 0.0104. The predicted molar refractivity (Wildman–Crippen MR) is 500 cm³/mol. The first-order valence-corrected chi connectivity index (χ1v) is 45.9. The third-order valence-electron chi connectivity index (χ3n) is 23.6. The maximum absolute atomic E-state index is 15.9. The predicted octanol–water partition coefficient (Wildman–Crippen LogP) is -2.09. The summed E-state index contributed by atoms with van der Waals surface area (Å²) < 4.78 is 0. The molecule has 2 aliphatic heterocycles. The average molecular weight is 1890 g/mol. The van der Waals surface area contributed by atoms with Crippen molar-refractivity contribution in [3.63, 3.8) is 0 Å². The number of H-pyrrole nitrogens is 3. The number of carbonyl (C=O) groups is 17. The zero-order valence-corrected chi connectivity index (χ0v) is 77.7. The molecule has 0 spiro atoms. The van der Waals surface area contributed by atoms with Crippen LogP contribution >= 0.6 is 11.8 Å². The Morgan fingerprint density at radius 3 is 1.65 bits per heavy atom. The monoisotopic (exact) mass is 1880 g/mol. The standard InChI is InChI=1S/C92H124N24O18S/c1-9-10-32-72-85(128)105-63(31-21-34-98-92(95)96)81(124)111-71(80(123)101-46-76(94)119)49-135-50-78(121)104-67(37-54-23-13-11-14-24-54)88(131)113(6)53(4)79(122)107-69(42-75(93)118)90(133)116-35-22-33-73(116)86(129)106-65(41-58-45-97-51-102-58)83(126)108-66(36-52(2)3)87(130)112(5)47-77(120)103-64(39-56-43-99-61-29-19-17-27-59(56)61)82(125)110-70(48-117)84(127)109-68(40-57-44-100-62-30-20-18-28-60(57)62)89(132)115(8)74(91(134)114(72)7)38-55-25-15-12-16-26-55/h11-20,23-30,43-45,51-53,63-74,99-100,117H,9-10,21-22,31-42,46-50H2,1-8H3,(H2,93,118)(H2,94,119)(H,97,102)(H,101,123)(H,103,120)(H,104,121)(H,105,128)(H,106,129)(H,107,122)(H,108,126)(H,109,127)(H,110,125)(H,111,124)(H4,95,96,98)/t53-,63-,64-,65-,66-,67-,68-,69-,70-,71-,72-,73-,74-/m0/s1. The minimum atomic E-state index is -1.87. The second kappa shape index (κ2) is 50.6. The zero-order valence-electron chi connectivity index (χ0n) is 76.8. The van der Waals surface area contributed by atoms with Crippen LogP contribution in [0.3, 0.4) is 0 Å². The molecule has 2 fully saturated rings. The van der Waals surface area contributed by atoms with E-state index >= 15 is 28.8 Å². The maximum Gasteiger partial charge on any atom is 0.246 e. The fraction of sp³-hybridized carbons (Fsp3) is 0.467. The van der Waals surface area contributed by atoms with Crippen LogP contribution in [0.4, 0.5) is 0 Å². The molecule has 0 unspecified atom stereocenters. The van der Waals surface area contributed by atoms with Crippen molar-refractivity contribution in [3.8, 4) is 0 Å². The van der Waals surface area contributed by atoms with E-state index in [0.717, 1.165) is 36.3 Å². The highest BCUT2D eigenvalue weighted by molar-refractivity contribution is 8.00. The highest BCUT2D eigenvalue weighted by Crippen LogP contribution is 2.26. The number of carbonyl (C=O) groups excluding carboxylic acids is 17. The number of aromatic nitrogens is 4. The minimum Gasteiger partial charge on any atom is -0.394 e. The number of likely N-dealkylation sites (N-methyl/N-ethyl adjacent to an activating group) is 4. The van der Waals surface area contributed by atoms with Gasteiger partial charge in [-0.3, -0.25) is 86.9 Å². The van der Waals surface area contributed by atoms with Gasteiger partial charge in [0.05, 0.1) is 38.2 Å². The van der Waals surface area contributed by atoms with Gasteiger partial charge in [0.15, 0.2) is 5.96 Å². The molecule has 0 saturated carbocycles. The molecule has 43 heteroatoms. The van der Waals surface area contributed by atoms with Gasteiger partial charge in [-0.15, -0.1) is 11.8 Å². The van der Waals surface area contributed by atoms with Crippen LogP contribution in [0.15, 0.2) is 134 Å². The van der Waals surface area contributed by atoms with E-state index in [-0.39, 0.29) is 89.6 Å². The number of aromatic amines is 3. The lowest BCUT2D eigenvalue weighted by Gasteiger charge is -2.36. The lowest BCUT2D eigenvalue weighted by atomic mass is 9.99. The molecule has 5 heterocycles. The number of fused-ring (bicyclic) bond motifs is 3. The Balaban J connectivity index is 1.10. The van der Waals surface area contributed by atoms with Crippen LogP contribution in [-0.2, 0) is 114 Å². The maximum atomic E-state index is 15.9. The van der Waals surface area contributed by atoms with Gasteiger partial charge in [-0.25, -0.2) is 4.98 Å². The molecule has 13 atom stereocenters. The van der Waals surface area contributed by atoms with E-state index in [9.17, 15) is 57.8 Å². The molecule has 135 heavy (non-hydrogen) atoms. The Bertz CT molecular complexity index is 5350. The van der Waals surface area contributed by atoms with Crippen molar-refractivity contribution in [3.05, 3.63) is 162 Å². The summed E-state index contributed by atoms with van der Waals surface area (Å²) in [7, 11) is 5.21. The third-order valence-corrected chi connectivity index (χ3v) is 24.6. The van der Waals surface area contributed by atoms with Gasteiger partial charge in [0, 0.05) is 125 Å². The van der Waals surface area contributed by atoms with Crippen molar-refractivity contribution < 1.29 is 86.6 Å². The van der Waals surface area contributed by atoms with Crippen molar-refractivity contribution in [1.82, 2.24) is 103 Å². The lowest BCUT2D eigenvalue weighted by Crippen LogP contribution is -2.61. The van der Waals surface area contributed by atoms with Gasteiger partial charge in [0.1, 0.15) is 78.5 Å².